The zero-order valence-corrected chi connectivity index (χ0v) is 24.3. The van der Waals surface area contributed by atoms with Gasteiger partial charge >= 0.3 is 0 Å². The van der Waals surface area contributed by atoms with Crippen molar-refractivity contribution < 1.29 is 14.3 Å². The Hall–Kier alpha value is -3.95. The summed E-state index contributed by atoms with van der Waals surface area (Å²) in [5.74, 6) is 0.843. The number of hydrogen-bond donors (Lipinski definition) is 3. The van der Waals surface area contributed by atoms with Crippen molar-refractivity contribution in [3.05, 3.63) is 96.1 Å². The van der Waals surface area contributed by atoms with Gasteiger partial charge in [-0.2, -0.15) is 0 Å². The summed E-state index contributed by atoms with van der Waals surface area (Å²) in [4.78, 5) is 32.9. The molecule has 0 aliphatic carbocycles. The molecule has 9 nitrogen and oxygen atoms in total. The maximum atomic E-state index is 13.5. The molecule has 1 fully saturated rings. The van der Waals surface area contributed by atoms with Crippen molar-refractivity contribution in [3.8, 4) is 0 Å². The number of benzene rings is 2. The molecule has 3 aromatic rings. The molecule has 2 unspecified atom stereocenters. The van der Waals surface area contributed by atoms with Gasteiger partial charge in [0.25, 0.3) is 0 Å². The van der Waals surface area contributed by atoms with Gasteiger partial charge in [-0.25, -0.2) is 4.98 Å². The highest BCUT2D eigenvalue weighted by Crippen LogP contribution is 2.25. The maximum Gasteiger partial charge on any atom is 0.240 e. The Morgan fingerprint density at radius 3 is 2.34 bits per heavy atom. The molecular formula is C32H42N6O3. The summed E-state index contributed by atoms with van der Waals surface area (Å²) in [5.41, 5.74) is 7.51. The van der Waals surface area contributed by atoms with Crippen LogP contribution in [0.1, 0.15) is 49.6 Å². The lowest BCUT2D eigenvalue weighted by atomic mass is 9.97. The molecule has 2 atom stereocenters. The number of hydrogen-bond acceptors (Lipinski definition) is 6. The molecular weight excluding hydrogens is 516 g/mol. The second-order valence-corrected chi connectivity index (χ2v) is 11.2. The zero-order chi connectivity index (χ0) is 29.4. The van der Waals surface area contributed by atoms with Crippen molar-refractivity contribution in [3.63, 3.8) is 0 Å². The number of rotatable bonds is 13. The highest BCUT2D eigenvalue weighted by atomic mass is 16.5. The largest absolute Gasteiger partial charge is 0.374 e. The number of nitrogens with zero attached hydrogens (tertiary/aromatic N) is 3. The standard InChI is InChI=1S/C32H42N6O3/c1-23(28(36-31(40)32(3,4)33)22-41-21-25-13-7-5-8-14-25)34-29-20-38(24(2)35-29)19-27(26-15-9-6-10-16-26)30(39)37-17-11-12-18-37/h5-10,13-16,20,27-28,34H,1,11-12,17-19,21-22,33H2,2-4H3,(H,36,40). The van der Waals surface area contributed by atoms with E-state index >= 15 is 0 Å². The molecule has 1 aliphatic heterocycles. The molecule has 41 heavy (non-hydrogen) atoms. The Balaban J connectivity index is 1.47. The van der Waals surface area contributed by atoms with E-state index in [0.29, 0.717) is 24.7 Å². The van der Waals surface area contributed by atoms with Gasteiger partial charge in [-0.1, -0.05) is 67.2 Å². The predicted octanol–water partition coefficient (Wildman–Crippen LogP) is 3.96. The third-order valence-electron chi connectivity index (χ3n) is 7.27. The minimum atomic E-state index is -1.07. The van der Waals surface area contributed by atoms with E-state index in [0.717, 1.165) is 42.9 Å². The number of aryl methyl sites for hydroxylation is 1. The summed E-state index contributed by atoms with van der Waals surface area (Å²) in [7, 11) is 0. The zero-order valence-electron chi connectivity index (χ0n) is 24.3. The first-order chi connectivity index (χ1) is 19.6. The summed E-state index contributed by atoms with van der Waals surface area (Å²) in [6.45, 7) is 12.1. The van der Waals surface area contributed by atoms with E-state index < -0.39 is 11.6 Å². The van der Waals surface area contributed by atoms with Crippen molar-refractivity contribution in [1.29, 1.82) is 0 Å². The molecule has 1 aliphatic rings. The Morgan fingerprint density at radius 2 is 1.71 bits per heavy atom. The van der Waals surface area contributed by atoms with Gasteiger partial charge in [-0.15, -0.1) is 0 Å². The smallest absolute Gasteiger partial charge is 0.240 e. The Labute approximate surface area is 242 Å². The average Bonchev–Trinajstić information content (AvgIpc) is 3.61. The van der Waals surface area contributed by atoms with Gasteiger partial charge in [-0.3, -0.25) is 9.59 Å². The van der Waals surface area contributed by atoms with Crippen molar-refractivity contribution in [2.24, 2.45) is 5.73 Å². The number of amides is 2. The van der Waals surface area contributed by atoms with Crippen LogP contribution in [0.25, 0.3) is 0 Å². The number of nitrogens with two attached hydrogens (primary N) is 1. The molecule has 1 saturated heterocycles. The number of ether oxygens (including phenoxy) is 1. The third-order valence-corrected chi connectivity index (χ3v) is 7.27. The third kappa shape index (κ3) is 8.28. The summed E-state index contributed by atoms with van der Waals surface area (Å²) < 4.78 is 7.93. The first-order valence-corrected chi connectivity index (χ1v) is 14.2. The van der Waals surface area contributed by atoms with E-state index in [1.165, 1.54) is 0 Å². The van der Waals surface area contributed by atoms with E-state index in [4.69, 9.17) is 10.5 Å². The van der Waals surface area contributed by atoms with Crippen molar-refractivity contribution in [2.45, 2.75) is 64.3 Å². The predicted molar refractivity (Wildman–Crippen MR) is 161 cm³/mol. The van der Waals surface area contributed by atoms with E-state index in [2.05, 4.69) is 22.2 Å². The van der Waals surface area contributed by atoms with Gasteiger partial charge in [0.2, 0.25) is 11.8 Å². The lowest BCUT2D eigenvalue weighted by Crippen LogP contribution is -2.54. The Kier molecular flexibility index (Phi) is 9.96. The number of carbonyl (C=O) groups is 2. The van der Waals surface area contributed by atoms with Crippen LogP contribution in [0.15, 0.2) is 79.1 Å². The van der Waals surface area contributed by atoms with Crippen LogP contribution in [0.5, 0.6) is 0 Å². The summed E-state index contributed by atoms with van der Waals surface area (Å²) in [5, 5.41) is 6.20. The van der Waals surface area contributed by atoms with Gasteiger partial charge in [0.1, 0.15) is 11.6 Å². The second-order valence-electron chi connectivity index (χ2n) is 11.2. The summed E-state index contributed by atoms with van der Waals surface area (Å²) in [6, 6.07) is 19.2. The minimum absolute atomic E-state index is 0.142. The van der Waals surface area contributed by atoms with Crippen molar-refractivity contribution in [1.82, 2.24) is 19.8 Å². The Morgan fingerprint density at radius 1 is 1.07 bits per heavy atom. The summed E-state index contributed by atoms with van der Waals surface area (Å²) in [6.07, 6.45) is 3.97. The lowest BCUT2D eigenvalue weighted by Gasteiger charge is -2.26. The first kappa shape index (κ1) is 30.0. The molecule has 2 heterocycles. The van der Waals surface area contributed by atoms with E-state index in [1.54, 1.807) is 13.8 Å². The average molecular weight is 559 g/mol. The van der Waals surface area contributed by atoms with Crippen LogP contribution < -0.4 is 16.4 Å². The van der Waals surface area contributed by atoms with E-state index in [1.807, 2.05) is 83.3 Å². The molecule has 0 bridgehead atoms. The fourth-order valence-electron chi connectivity index (χ4n) is 4.81. The number of imidazole rings is 1. The van der Waals surface area contributed by atoms with Gasteiger partial charge in [0, 0.05) is 31.5 Å². The summed E-state index contributed by atoms with van der Waals surface area (Å²) >= 11 is 0. The topological polar surface area (TPSA) is 115 Å². The van der Waals surface area contributed by atoms with Crippen LogP contribution in [-0.2, 0) is 27.5 Å². The van der Waals surface area contributed by atoms with Crippen LogP contribution in [0.2, 0.25) is 0 Å². The van der Waals surface area contributed by atoms with Crippen molar-refractivity contribution in [2.75, 3.05) is 25.0 Å². The highest BCUT2D eigenvalue weighted by molar-refractivity contribution is 5.85. The van der Waals surface area contributed by atoms with Crippen molar-refractivity contribution >= 4 is 17.6 Å². The van der Waals surface area contributed by atoms with Gasteiger partial charge in [0.15, 0.2) is 0 Å². The molecule has 2 amide bonds. The highest BCUT2D eigenvalue weighted by Gasteiger charge is 2.29. The normalized spacial score (nSPS) is 14.9. The Bertz CT molecular complexity index is 1310. The molecule has 218 valence electrons. The molecule has 9 heteroatoms. The van der Waals surface area contributed by atoms with Crippen LogP contribution in [0.3, 0.4) is 0 Å². The molecule has 2 aromatic carbocycles. The number of carbonyl (C=O) groups excluding carboxylic acids is 2. The van der Waals surface area contributed by atoms with Crippen LogP contribution >= 0.6 is 0 Å². The van der Waals surface area contributed by atoms with E-state index in [9.17, 15) is 9.59 Å². The van der Waals surface area contributed by atoms with Crippen LogP contribution in [0.4, 0.5) is 5.82 Å². The molecule has 0 radical (unpaired) electrons. The second kappa shape index (κ2) is 13.6. The number of aromatic nitrogens is 2. The first-order valence-electron chi connectivity index (χ1n) is 14.2. The molecule has 4 rings (SSSR count). The van der Waals surface area contributed by atoms with E-state index in [-0.39, 0.29) is 24.3 Å². The molecule has 1 aromatic heterocycles. The monoisotopic (exact) mass is 558 g/mol. The number of anilines is 1. The minimum Gasteiger partial charge on any atom is -0.374 e. The quantitative estimate of drug-likeness (QED) is 0.293. The van der Waals surface area contributed by atoms with Gasteiger partial charge in [0.05, 0.1) is 30.7 Å². The molecule has 0 spiro atoms. The van der Waals surface area contributed by atoms with Gasteiger partial charge in [-0.05, 0) is 44.7 Å². The van der Waals surface area contributed by atoms with Gasteiger partial charge < -0.3 is 30.6 Å². The van der Waals surface area contributed by atoms with Crippen LogP contribution in [-0.4, -0.2) is 57.5 Å². The SMILES string of the molecule is C=C(Nc1cn(CC(C(=O)N2CCCC2)c2ccccc2)c(C)n1)C(COCc1ccccc1)NC(=O)C(C)(C)N. The fraction of sp³-hybridized carbons (Fsp3) is 0.406. The lowest BCUT2D eigenvalue weighted by molar-refractivity contribution is -0.132. The fourth-order valence-corrected chi connectivity index (χ4v) is 4.81. The molecule has 0 saturated carbocycles. The maximum absolute atomic E-state index is 13.5. The number of likely N-dealkylation sites (tertiary alicyclic amines) is 1. The molecule has 4 N–H and O–H groups in total. The number of nitrogens with one attached hydrogen (secondary N) is 2. The van der Waals surface area contributed by atoms with Crippen LogP contribution in [0, 0.1) is 6.92 Å².